The Morgan fingerprint density at radius 2 is 2.00 bits per heavy atom. The van der Waals surface area contributed by atoms with Crippen molar-refractivity contribution in [2.45, 2.75) is 58.0 Å². The standard InChI is InChI=1S/C23H26N4O3S3/c1-2-6-20-25-26-22(33-20)24-19(28)14-27-21(29)18(32-23(27)31)13-15-9-11-17(12-10-15)30-16-7-4-3-5-8-16/h9-13,16H,2-8,14H2,1H3,(H,24,26,28)/b18-13-. The van der Waals surface area contributed by atoms with Crippen LogP contribution in [-0.2, 0) is 16.0 Å². The van der Waals surface area contributed by atoms with Gasteiger partial charge in [-0.05, 0) is 55.9 Å². The van der Waals surface area contributed by atoms with Gasteiger partial charge in [0.15, 0.2) is 0 Å². The van der Waals surface area contributed by atoms with Gasteiger partial charge >= 0.3 is 0 Å². The van der Waals surface area contributed by atoms with Gasteiger partial charge in [-0.3, -0.25) is 19.8 Å². The summed E-state index contributed by atoms with van der Waals surface area (Å²) in [6.45, 7) is 1.90. The van der Waals surface area contributed by atoms with Crippen molar-refractivity contribution in [3.63, 3.8) is 0 Å². The van der Waals surface area contributed by atoms with Gasteiger partial charge in [0.1, 0.15) is 21.6 Å². The van der Waals surface area contributed by atoms with E-state index in [1.807, 2.05) is 24.3 Å². The highest BCUT2D eigenvalue weighted by atomic mass is 32.2. The molecule has 0 atom stereocenters. The Morgan fingerprint density at radius 3 is 2.73 bits per heavy atom. The number of benzene rings is 1. The van der Waals surface area contributed by atoms with E-state index in [0.29, 0.717) is 20.5 Å². The summed E-state index contributed by atoms with van der Waals surface area (Å²) in [6, 6.07) is 7.73. The average Bonchev–Trinajstić information content (AvgIpc) is 3.35. The fourth-order valence-corrected chi connectivity index (χ4v) is 5.84. The van der Waals surface area contributed by atoms with E-state index in [1.54, 1.807) is 6.08 Å². The van der Waals surface area contributed by atoms with Crippen LogP contribution in [0.1, 0.15) is 56.0 Å². The molecule has 33 heavy (non-hydrogen) atoms. The number of hydrogen-bond donors (Lipinski definition) is 1. The van der Waals surface area contributed by atoms with Crippen LogP contribution in [-0.4, -0.2) is 43.9 Å². The van der Waals surface area contributed by atoms with E-state index in [4.69, 9.17) is 17.0 Å². The van der Waals surface area contributed by atoms with E-state index in [9.17, 15) is 9.59 Å². The van der Waals surface area contributed by atoms with E-state index < -0.39 is 0 Å². The molecule has 1 N–H and O–H groups in total. The Kier molecular flexibility index (Phi) is 8.11. The fraction of sp³-hybridized carbons (Fsp3) is 0.435. The third-order valence-corrected chi connectivity index (χ3v) is 7.66. The molecule has 1 aliphatic carbocycles. The van der Waals surface area contributed by atoms with Gasteiger partial charge in [0.05, 0.1) is 11.0 Å². The number of carbonyl (C=O) groups excluding carboxylic acids is 2. The van der Waals surface area contributed by atoms with Gasteiger partial charge in [0, 0.05) is 6.42 Å². The van der Waals surface area contributed by atoms with Crippen molar-refractivity contribution in [1.82, 2.24) is 15.1 Å². The molecule has 4 rings (SSSR count). The first-order valence-electron chi connectivity index (χ1n) is 11.2. The maximum atomic E-state index is 12.8. The van der Waals surface area contributed by atoms with Gasteiger partial charge in [0.25, 0.3) is 5.91 Å². The monoisotopic (exact) mass is 502 g/mol. The quantitative estimate of drug-likeness (QED) is 0.400. The van der Waals surface area contributed by atoms with Crippen LogP contribution in [0.15, 0.2) is 29.2 Å². The molecule has 2 amide bonds. The summed E-state index contributed by atoms with van der Waals surface area (Å²) >= 11 is 7.89. The Balaban J connectivity index is 1.34. The molecule has 1 aromatic carbocycles. The molecule has 1 saturated heterocycles. The molecule has 2 aromatic rings. The second kappa shape index (κ2) is 11.2. The minimum absolute atomic E-state index is 0.154. The summed E-state index contributed by atoms with van der Waals surface area (Å²) < 4.78 is 6.43. The van der Waals surface area contributed by atoms with Crippen LogP contribution in [0.2, 0.25) is 0 Å². The maximum absolute atomic E-state index is 12.8. The summed E-state index contributed by atoms with van der Waals surface area (Å²) in [7, 11) is 0. The number of rotatable bonds is 8. The number of carbonyl (C=O) groups is 2. The zero-order chi connectivity index (χ0) is 23.2. The number of amides is 2. The van der Waals surface area contributed by atoms with Crippen LogP contribution in [0.25, 0.3) is 6.08 Å². The van der Waals surface area contributed by atoms with Crippen molar-refractivity contribution < 1.29 is 14.3 Å². The molecule has 0 radical (unpaired) electrons. The molecule has 1 saturated carbocycles. The van der Waals surface area contributed by atoms with Crippen molar-refractivity contribution >= 4 is 62.7 Å². The Morgan fingerprint density at radius 1 is 1.24 bits per heavy atom. The molecular formula is C23H26N4O3S3. The fourth-order valence-electron chi connectivity index (χ4n) is 3.73. The molecule has 0 bridgehead atoms. The van der Waals surface area contributed by atoms with Gasteiger partial charge in [-0.1, -0.05) is 60.8 Å². The predicted molar refractivity (Wildman–Crippen MR) is 136 cm³/mol. The molecule has 7 nitrogen and oxygen atoms in total. The van der Waals surface area contributed by atoms with Gasteiger partial charge < -0.3 is 4.74 Å². The first-order valence-corrected chi connectivity index (χ1v) is 13.2. The molecule has 10 heteroatoms. The maximum Gasteiger partial charge on any atom is 0.266 e. The summed E-state index contributed by atoms with van der Waals surface area (Å²) in [4.78, 5) is 27.1. The van der Waals surface area contributed by atoms with Crippen molar-refractivity contribution in [2.75, 3.05) is 11.9 Å². The minimum atomic E-state index is -0.351. The van der Waals surface area contributed by atoms with Gasteiger partial charge in [-0.15, -0.1) is 10.2 Å². The zero-order valence-corrected chi connectivity index (χ0v) is 20.9. The van der Waals surface area contributed by atoms with E-state index >= 15 is 0 Å². The molecule has 1 aliphatic heterocycles. The van der Waals surface area contributed by atoms with Crippen molar-refractivity contribution in [2.24, 2.45) is 0 Å². The normalized spacial score (nSPS) is 18.2. The van der Waals surface area contributed by atoms with Crippen LogP contribution < -0.4 is 10.1 Å². The second-order valence-electron chi connectivity index (χ2n) is 8.01. The molecule has 2 aliphatic rings. The molecule has 0 unspecified atom stereocenters. The van der Waals surface area contributed by atoms with E-state index in [1.165, 1.54) is 47.3 Å². The average molecular weight is 503 g/mol. The van der Waals surface area contributed by atoms with E-state index in [0.717, 1.165) is 42.0 Å². The lowest BCUT2D eigenvalue weighted by atomic mass is 9.98. The number of ether oxygens (including phenoxy) is 1. The largest absolute Gasteiger partial charge is 0.490 e. The second-order valence-corrected chi connectivity index (χ2v) is 10.8. The lowest BCUT2D eigenvalue weighted by Crippen LogP contribution is -2.36. The topological polar surface area (TPSA) is 84.4 Å². The number of nitrogens with one attached hydrogen (secondary N) is 1. The number of aromatic nitrogens is 2. The summed E-state index contributed by atoms with van der Waals surface area (Å²) in [5, 5.41) is 12.0. The van der Waals surface area contributed by atoms with Gasteiger partial charge in [-0.25, -0.2) is 0 Å². The highest BCUT2D eigenvalue weighted by Crippen LogP contribution is 2.33. The molecule has 1 aromatic heterocycles. The summed E-state index contributed by atoms with van der Waals surface area (Å²) in [5.74, 6) is 0.227. The number of hydrogen-bond acceptors (Lipinski definition) is 8. The Labute approximate surface area is 207 Å². The predicted octanol–water partition coefficient (Wildman–Crippen LogP) is 5.04. The number of nitrogens with zero attached hydrogens (tertiary/aromatic N) is 3. The lowest BCUT2D eigenvalue weighted by Gasteiger charge is -2.22. The smallest absolute Gasteiger partial charge is 0.266 e. The van der Waals surface area contributed by atoms with Crippen LogP contribution in [0.4, 0.5) is 5.13 Å². The first-order chi connectivity index (χ1) is 16.0. The van der Waals surface area contributed by atoms with Crippen LogP contribution in [0.5, 0.6) is 5.75 Å². The molecule has 0 spiro atoms. The first kappa shape index (κ1) is 23.8. The van der Waals surface area contributed by atoms with Crippen LogP contribution in [0.3, 0.4) is 0 Å². The molecular weight excluding hydrogens is 476 g/mol. The van der Waals surface area contributed by atoms with Crippen molar-refractivity contribution in [1.29, 1.82) is 0 Å². The van der Waals surface area contributed by atoms with E-state index in [-0.39, 0.29) is 18.4 Å². The Bertz CT molecular complexity index is 1050. The minimum Gasteiger partial charge on any atom is -0.490 e. The molecule has 2 fully saturated rings. The Hall–Kier alpha value is -2.30. The van der Waals surface area contributed by atoms with Gasteiger partial charge in [0.2, 0.25) is 11.0 Å². The zero-order valence-electron chi connectivity index (χ0n) is 18.4. The third kappa shape index (κ3) is 6.39. The number of thioether (sulfide) groups is 1. The van der Waals surface area contributed by atoms with Crippen LogP contribution >= 0.6 is 35.3 Å². The van der Waals surface area contributed by atoms with Crippen molar-refractivity contribution in [3.05, 3.63) is 39.7 Å². The molecule has 2 heterocycles. The third-order valence-electron chi connectivity index (χ3n) is 5.39. The molecule has 174 valence electrons. The summed E-state index contributed by atoms with van der Waals surface area (Å²) in [6.07, 6.45) is 9.83. The van der Waals surface area contributed by atoms with Crippen molar-refractivity contribution in [3.8, 4) is 5.75 Å². The van der Waals surface area contributed by atoms with Crippen LogP contribution in [0, 0.1) is 0 Å². The highest BCUT2D eigenvalue weighted by molar-refractivity contribution is 8.26. The van der Waals surface area contributed by atoms with E-state index in [2.05, 4.69) is 22.4 Å². The van der Waals surface area contributed by atoms with Gasteiger partial charge in [-0.2, -0.15) is 0 Å². The number of anilines is 1. The number of aryl methyl sites for hydroxylation is 1. The number of thiocarbonyl (C=S) groups is 1. The lowest BCUT2D eigenvalue weighted by molar-refractivity contribution is -0.126. The highest BCUT2D eigenvalue weighted by Gasteiger charge is 2.33. The SMILES string of the molecule is CCCc1nnc(NC(=O)CN2C(=O)/C(=C/c3ccc(OC4CCCCC4)cc3)SC2=S)s1. The summed E-state index contributed by atoms with van der Waals surface area (Å²) in [5.41, 5.74) is 0.883.